The van der Waals surface area contributed by atoms with E-state index in [1.54, 1.807) is 4.31 Å². The minimum atomic E-state index is -3.11. The highest BCUT2D eigenvalue weighted by Gasteiger charge is 2.29. The second-order valence-corrected chi connectivity index (χ2v) is 6.77. The third-order valence-electron chi connectivity index (χ3n) is 3.44. The van der Waals surface area contributed by atoms with Crippen LogP contribution >= 0.6 is 12.4 Å². The Morgan fingerprint density at radius 1 is 1.32 bits per heavy atom. The van der Waals surface area contributed by atoms with Crippen molar-refractivity contribution in [2.75, 3.05) is 25.9 Å². The number of rotatable bonds is 5. The molecule has 0 amide bonds. The molecule has 0 spiro atoms. The van der Waals surface area contributed by atoms with Crippen LogP contribution in [0.15, 0.2) is 30.3 Å². The van der Waals surface area contributed by atoms with Crippen LogP contribution in [-0.4, -0.2) is 44.7 Å². The summed E-state index contributed by atoms with van der Waals surface area (Å²) in [6, 6.07) is 10.1. The standard InChI is InChI=1S/C13H20N2O2S.ClH/c1-14-13-7-9-15(11-13)18(16,17)10-8-12-5-3-2-4-6-12;/h2-6,13-14H,7-11H2,1H3;1H. The molecule has 1 atom stereocenters. The van der Waals surface area contributed by atoms with Crippen LogP contribution in [0.2, 0.25) is 0 Å². The summed E-state index contributed by atoms with van der Waals surface area (Å²) in [4.78, 5) is 0. The maximum Gasteiger partial charge on any atom is 0.214 e. The van der Waals surface area contributed by atoms with Gasteiger partial charge in [-0.2, -0.15) is 0 Å². The van der Waals surface area contributed by atoms with Crippen molar-refractivity contribution in [3.05, 3.63) is 35.9 Å². The van der Waals surface area contributed by atoms with E-state index in [0.717, 1.165) is 12.0 Å². The fraction of sp³-hybridized carbons (Fsp3) is 0.538. The fourth-order valence-electron chi connectivity index (χ4n) is 2.24. The number of benzene rings is 1. The van der Waals surface area contributed by atoms with Gasteiger partial charge in [-0.1, -0.05) is 30.3 Å². The molecule has 2 rings (SSSR count). The number of likely N-dealkylation sites (N-methyl/N-ethyl adjacent to an activating group) is 1. The summed E-state index contributed by atoms with van der Waals surface area (Å²) >= 11 is 0. The van der Waals surface area contributed by atoms with Crippen molar-refractivity contribution >= 4 is 22.4 Å². The predicted molar refractivity (Wildman–Crippen MR) is 80.2 cm³/mol. The molecular formula is C13H21ClN2O2S. The second-order valence-electron chi connectivity index (χ2n) is 4.68. The SMILES string of the molecule is CNC1CCN(S(=O)(=O)CCc2ccccc2)C1.Cl. The lowest BCUT2D eigenvalue weighted by Gasteiger charge is -2.16. The quantitative estimate of drug-likeness (QED) is 0.891. The van der Waals surface area contributed by atoms with Crippen LogP contribution in [0.25, 0.3) is 0 Å². The van der Waals surface area contributed by atoms with Crippen LogP contribution in [0.4, 0.5) is 0 Å². The maximum atomic E-state index is 12.2. The predicted octanol–water partition coefficient (Wildman–Crippen LogP) is 1.27. The lowest BCUT2D eigenvalue weighted by atomic mass is 10.2. The van der Waals surface area contributed by atoms with Gasteiger partial charge in [0.2, 0.25) is 10.0 Å². The van der Waals surface area contributed by atoms with Crippen LogP contribution in [0, 0.1) is 0 Å². The second kappa shape index (κ2) is 7.24. The molecule has 0 aliphatic carbocycles. The minimum absolute atomic E-state index is 0. The molecule has 1 aromatic carbocycles. The van der Waals surface area contributed by atoms with Gasteiger partial charge in [-0.05, 0) is 25.5 Å². The zero-order valence-electron chi connectivity index (χ0n) is 11.1. The summed E-state index contributed by atoms with van der Waals surface area (Å²) in [5, 5.41) is 3.13. The van der Waals surface area contributed by atoms with Gasteiger partial charge in [0.05, 0.1) is 5.75 Å². The summed E-state index contributed by atoms with van der Waals surface area (Å²) in [5.41, 5.74) is 1.07. The highest BCUT2D eigenvalue weighted by molar-refractivity contribution is 7.89. The number of nitrogens with one attached hydrogen (secondary N) is 1. The first-order chi connectivity index (χ1) is 8.62. The summed E-state index contributed by atoms with van der Waals surface area (Å²) in [5.74, 6) is 0.202. The maximum absolute atomic E-state index is 12.2. The van der Waals surface area contributed by atoms with Gasteiger partial charge in [-0.3, -0.25) is 0 Å². The first kappa shape index (κ1) is 16.4. The third kappa shape index (κ3) is 4.45. The van der Waals surface area contributed by atoms with E-state index in [-0.39, 0.29) is 18.2 Å². The normalized spacial score (nSPS) is 20.2. The molecule has 1 fully saturated rings. The number of nitrogens with zero attached hydrogens (tertiary/aromatic N) is 1. The monoisotopic (exact) mass is 304 g/mol. The van der Waals surface area contributed by atoms with Crippen molar-refractivity contribution in [2.24, 2.45) is 0 Å². The Morgan fingerprint density at radius 2 is 2.00 bits per heavy atom. The third-order valence-corrected chi connectivity index (χ3v) is 5.28. The molecule has 1 unspecified atom stereocenters. The van der Waals surface area contributed by atoms with E-state index in [1.807, 2.05) is 37.4 Å². The van der Waals surface area contributed by atoms with Gasteiger partial charge >= 0.3 is 0 Å². The van der Waals surface area contributed by atoms with Crippen molar-refractivity contribution in [1.82, 2.24) is 9.62 Å². The fourth-order valence-corrected chi connectivity index (χ4v) is 3.78. The molecule has 1 aliphatic rings. The molecule has 1 heterocycles. The van der Waals surface area contributed by atoms with Crippen LogP contribution in [0.3, 0.4) is 0 Å². The molecule has 0 aromatic heterocycles. The number of sulfonamides is 1. The number of hydrogen-bond acceptors (Lipinski definition) is 3. The molecule has 1 aromatic rings. The molecule has 19 heavy (non-hydrogen) atoms. The largest absolute Gasteiger partial charge is 0.316 e. The van der Waals surface area contributed by atoms with Crippen molar-refractivity contribution in [3.8, 4) is 0 Å². The smallest absolute Gasteiger partial charge is 0.214 e. The van der Waals surface area contributed by atoms with E-state index in [4.69, 9.17) is 0 Å². The molecule has 1 N–H and O–H groups in total. The van der Waals surface area contributed by atoms with Crippen molar-refractivity contribution in [1.29, 1.82) is 0 Å². The molecular weight excluding hydrogens is 284 g/mol. The molecule has 0 saturated carbocycles. The Labute approximate surface area is 121 Å². The van der Waals surface area contributed by atoms with Gasteiger partial charge < -0.3 is 5.32 Å². The molecule has 1 aliphatic heterocycles. The average Bonchev–Trinajstić information content (AvgIpc) is 2.87. The van der Waals surface area contributed by atoms with Crippen molar-refractivity contribution in [3.63, 3.8) is 0 Å². The highest BCUT2D eigenvalue weighted by Crippen LogP contribution is 2.15. The van der Waals surface area contributed by atoms with Gasteiger partial charge in [0, 0.05) is 19.1 Å². The van der Waals surface area contributed by atoms with Gasteiger partial charge in [0.15, 0.2) is 0 Å². The van der Waals surface area contributed by atoms with E-state index in [0.29, 0.717) is 25.6 Å². The Kier molecular flexibility index (Phi) is 6.26. The van der Waals surface area contributed by atoms with Crippen LogP contribution in [0.5, 0.6) is 0 Å². The van der Waals surface area contributed by atoms with Gasteiger partial charge in [-0.15, -0.1) is 12.4 Å². The van der Waals surface area contributed by atoms with Crippen LogP contribution in [0.1, 0.15) is 12.0 Å². The summed E-state index contributed by atoms with van der Waals surface area (Å²) in [6.07, 6.45) is 1.49. The van der Waals surface area contributed by atoms with E-state index in [1.165, 1.54) is 0 Å². The molecule has 0 bridgehead atoms. The lowest BCUT2D eigenvalue weighted by molar-refractivity contribution is 0.464. The molecule has 1 saturated heterocycles. The lowest BCUT2D eigenvalue weighted by Crippen LogP contribution is -2.35. The van der Waals surface area contributed by atoms with Crippen molar-refractivity contribution in [2.45, 2.75) is 18.9 Å². The molecule has 0 radical (unpaired) electrons. The van der Waals surface area contributed by atoms with E-state index < -0.39 is 10.0 Å². The van der Waals surface area contributed by atoms with E-state index in [2.05, 4.69) is 5.32 Å². The minimum Gasteiger partial charge on any atom is -0.316 e. The Bertz CT molecular complexity index is 479. The zero-order valence-corrected chi connectivity index (χ0v) is 12.7. The van der Waals surface area contributed by atoms with Gasteiger partial charge in [0.1, 0.15) is 0 Å². The van der Waals surface area contributed by atoms with E-state index >= 15 is 0 Å². The molecule has 4 nitrogen and oxygen atoms in total. The summed E-state index contributed by atoms with van der Waals surface area (Å²) in [7, 11) is -1.23. The highest BCUT2D eigenvalue weighted by atomic mass is 35.5. The van der Waals surface area contributed by atoms with Crippen molar-refractivity contribution < 1.29 is 8.42 Å². The number of aryl methyl sites for hydroxylation is 1. The van der Waals surface area contributed by atoms with Gasteiger partial charge in [0.25, 0.3) is 0 Å². The van der Waals surface area contributed by atoms with Gasteiger partial charge in [-0.25, -0.2) is 12.7 Å². The molecule has 108 valence electrons. The van der Waals surface area contributed by atoms with E-state index in [9.17, 15) is 8.42 Å². The first-order valence-electron chi connectivity index (χ1n) is 6.31. The Balaban J connectivity index is 0.00000180. The Morgan fingerprint density at radius 3 is 2.58 bits per heavy atom. The number of halogens is 1. The zero-order chi connectivity index (χ0) is 13.0. The number of hydrogen-bond donors (Lipinski definition) is 1. The average molecular weight is 305 g/mol. The van der Waals surface area contributed by atoms with Crippen LogP contribution < -0.4 is 5.32 Å². The Hall–Kier alpha value is -0.620. The topological polar surface area (TPSA) is 49.4 Å². The summed E-state index contributed by atoms with van der Waals surface area (Å²) in [6.45, 7) is 1.25. The van der Waals surface area contributed by atoms with Crippen LogP contribution in [-0.2, 0) is 16.4 Å². The molecule has 6 heteroatoms. The summed E-state index contributed by atoms with van der Waals surface area (Å²) < 4.78 is 25.9. The first-order valence-corrected chi connectivity index (χ1v) is 7.92.